The highest BCUT2D eigenvalue weighted by Gasteiger charge is 2.31. The van der Waals surface area contributed by atoms with E-state index in [4.69, 9.17) is 0 Å². The fourth-order valence-electron chi connectivity index (χ4n) is 1.99. The lowest BCUT2D eigenvalue weighted by Crippen LogP contribution is -2.00. The van der Waals surface area contributed by atoms with E-state index in [1.807, 2.05) is 18.2 Å². The molecule has 1 N–H and O–H groups in total. The minimum Gasteiger partial charge on any atom is -0.498 e. The van der Waals surface area contributed by atoms with Crippen LogP contribution in [0.25, 0.3) is 16.8 Å². The fourth-order valence-corrected chi connectivity index (χ4v) is 3.39. The number of hydrogen-bond donors (Lipinski definition) is 1. The van der Waals surface area contributed by atoms with E-state index in [-0.39, 0.29) is 4.90 Å². The first kappa shape index (κ1) is 9.42. The molecule has 0 aromatic heterocycles. The number of fused-ring (bicyclic) bond motifs is 3. The third-order valence-electron chi connectivity index (χ3n) is 2.73. The van der Waals surface area contributed by atoms with E-state index in [9.17, 15) is 13.5 Å². The first-order chi connectivity index (χ1) is 7.60. The first-order valence-corrected chi connectivity index (χ1v) is 6.26. The van der Waals surface area contributed by atoms with Gasteiger partial charge in [0.05, 0.1) is 4.90 Å². The van der Waals surface area contributed by atoms with Crippen LogP contribution in [0.2, 0.25) is 0 Å². The molecule has 0 bridgehead atoms. The lowest BCUT2D eigenvalue weighted by Gasteiger charge is -2.04. The molecule has 0 saturated carbocycles. The summed E-state index contributed by atoms with van der Waals surface area (Å²) in [5.74, 6) is 0. The molecule has 80 valence electrons. The number of rotatable bonds is 0. The normalized spacial score (nSPS) is 17.1. The molecule has 1 aliphatic rings. The third-order valence-corrected chi connectivity index (χ3v) is 4.39. The molecule has 16 heavy (non-hydrogen) atoms. The summed E-state index contributed by atoms with van der Waals surface area (Å²) in [5.41, 5.74) is 0.552. The van der Waals surface area contributed by atoms with Gasteiger partial charge in [0.15, 0.2) is 0 Å². The summed E-state index contributed by atoms with van der Waals surface area (Å²) in [6.45, 7) is 0. The van der Waals surface area contributed by atoms with Crippen molar-refractivity contribution in [3.05, 3.63) is 47.1 Å². The molecule has 0 aliphatic carbocycles. The summed E-state index contributed by atoms with van der Waals surface area (Å²) in [7, 11) is -3.69. The maximum absolute atomic E-state index is 11.9. The molecule has 0 fully saturated rings. The molecule has 0 spiro atoms. The van der Waals surface area contributed by atoms with Gasteiger partial charge in [0.2, 0.25) is 14.9 Å². The zero-order valence-corrected chi connectivity index (χ0v) is 9.03. The Bertz CT molecular complexity index is 727. The van der Waals surface area contributed by atoms with E-state index in [1.54, 1.807) is 18.2 Å². The lowest BCUT2D eigenvalue weighted by atomic mass is 10.1. The van der Waals surface area contributed by atoms with Crippen molar-refractivity contribution in [1.29, 1.82) is 0 Å². The standard InChI is InChI=1S/C12H8O3S/c13-11-7-9-6-5-8-3-1-2-4-10(8)12(9)16(11,14)15/h1-7,13H. The third kappa shape index (κ3) is 1.05. The van der Waals surface area contributed by atoms with Gasteiger partial charge in [0.1, 0.15) is 0 Å². The van der Waals surface area contributed by atoms with E-state index in [1.165, 1.54) is 6.08 Å². The predicted molar refractivity (Wildman–Crippen MR) is 61.7 cm³/mol. The minimum absolute atomic E-state index is 0.211. The first-order valence-electron chi connectivity index (χ1n) is 4.78. The van der Waals surface area contributed by atoms with Crippen LogP contribution in [0.15, 0.2) is 46.4 Å². The monoisotopic (exact) mass is 232 g/mol. The summed E-state index contributed by atoms with van der Waals surface area (Å²) in [5, 5.41) is 10.3. The summed E-state index contributed by atoms with van der Waals surface area (Å²) in [6.07, 6.45) is 1.29. The van der Waals surface area contributed by atoms with Gasteiger partial charge in [-0.3, -0.25) is 0 Å². The highest BCUT2D eigenvalue weighted by molar-refractivity contribution is 7.95. The van der Waals surface area contributed by atoms with Crippen molar-refractivity contribution in [2.45, 2.75) is 4.90 Å². The van der Waals surface area contributed by atoms with Gasteiger partial charge in [-0.1, -0.05) is 36.4 Å². The molecule has 4 heteroatoms. The molecule has 0 atom stereocenters. The van der Waals surface area contributed by atoms with Gasteiger partial charge in [-0.05, 0) is 10.9 Å². The lowest BCUT2D eigenvalue weighted by molar-refractivity contribution is 0.445. The van der Waals surface area contributed by atoms with Gasteiger partial charge >= 0.3 is 0 Å². The van der Waals surface area contributed by atoms with E-state index in [0.29, 0.717) is 10.9 Å². The van der Waals surface area contributed by atoms with Crippen LogP contribution >= 0.6 is 0 Å². The molecule has 2 aromatic carbocycles. The summed E-state index contributed by atoms with van der Waals surface area (Å²) >= 11 is 0. The van der Waals surface area contributed by atoms with Gasteiger partial charge in [-0.25, -0.2) is 8.42 Å². The predicted octanol–water partition coefficient (Wildman–Crippen LogP) is 2.48. The highest BCUT2D eigenvalue weighted by atomic mass is 32.2. The molecule has 0 saturated heterocycles. The van der Waals surface area contributed by atoms with Crippen molar-refractivity contribution in [3.8, 4) is 0 Å². The molecule has 2 aromatic rings. The van der Waals surface area contributed by atoms with Crippen LogP contribution in [0.5, 0.6) is 0 Å². The maximum Gasteiger partial charge on any atom is 0.240 e. The number of aliphatic hydroxyl groups is 1. The second-order valence-electron chi connectivity index (χ2n) is 3.69. The fraction of sp³-hybridized carbons (Fsp3) is 0. The van der Waals surface area contributed by atoms with Crippen molar-refractivity contribution in [3.63, 3.8) is 0 Å². The van der Waals surface area contributed by atoms with E-state index >= 15 is 0 Å². The van der Waals surface area contributed by atoms with Crippen LogP contribution < -0.4 is 0 Å². The van der Waals surface area contributed by atoms with Crippen LogP contribution in [-0.4, -0.2) is 13.5 Å². The number of hydrogen-bond acceptors (Lipinski definition) is 3. The zero-order valence-electron chi connectivity index (χ0n) is 8.21. The Balaban J connectivity index is 2.54. The second-order valence-corrected chi connectivity index (χ2v) is 5.52. The van der Waals surface area contributed by atoms with Gasteiger partial charge in [-0.15, -0.1) is 0 Å². The van der Waals surface area contributed by atoms with Crippen LogP contribution in [-0.2, 0) is 9.84 Å². The quantitative estimate of drug-likeness (QED) is 0.759. The molecule has 1 aliphatic heterocycles. The van der Waals surface area contributed by atoms with Crippen LogP contribution in [0.1, 0.15) is 5.56 Å². The Kier molecular flexibility index (Phi) is 1.68. The minimum atomic E-state index is -3.69. The Labute approximate surface area is 92.6 Å². The number of aliphatic hydroxyl groups excluding tert-OH is 1. The molecule has 0 amide bonds. The van der Waals surface area contributed by atoms with Crippen molar-refractivity contribution < 1.29 is 13.5 Å². The van der Waals surface area contributed by atoms with E-state index < -0.39 is 14.9 Å². The molecule has 0 radical (unpaired) electrons. The van der Waals surface area contributed by atoms with Crippen molar-refractivity contribution in [2.75, 3.05) is 0 Å². The SMILES string of the molecule is O=S1(=O)C(O)=Cc2ccc3ccccc3c21. The van der Waals surface area contributed by atoms with Gasteiger partial charge in [0.25, 0.3) is 0 Å². The summed E-state index contributed by atoms with van der Waals surface area (Å²) < 4.78 is 23.8. The Morgan fingerprint density at radius 1 is 1.00 bits per heavy atom. The molecular formula is C12H8O3S. The van der Waals surface area contributed by atoms with Crippen molar-refractivity contribution in [2.24, 2.45) is 0 Å². The Morgan fingerprint density at radius 3 is 2.56 bits per heavy atom. The van der Waals surface area contributed by atoms with Gasteiger partial charge < -0.3 is 5.11 Å². The molecule has 0 unspecified atom stereocenters. The van der Waals surface area contributed by atoms with E-state index in [2.05, 4.69) is 0 Å². The molecule has 3 nitrogen and oxygen atoms in total. The molecule has 3 rings (SSSR count). The van der Waals surface area contributed by atoms with Crippen molar-refractivity contribution >= 4 is 26.7 Å². The van der Waals surface area contributed by atoms with E-state index in [0.717, 1.165) is 5.39 Å². The van der Waals surface area contributed by atoms with Crippen LogP contribution in [0, 0.1) is 0 Å². The van der Waals surface area contributed by atoms with Crippen LogP contribution in [0.3, 0.4) is 0 Å². The molecule has 1 heterocycles. The smallest absolute Gasteiger partial charge is 0.240 e. The zero-order chi connectivity index (χ0) is 11.3. The number of benzene rings is 2. The molecular weight excluding hydrogens is 224 g/mol. The largest absolute Gasteiger partial charge is 0.498 e. The van der Waals surface area contributed by atoms with Gasteiger partial charge in [-0.2, -0.15) is 0 Å². The highest BCUT2D eigenvalue weighted by Crippen LogP contribution is 2.36. The summed E-state index contributed by atoms with van der Waals surface area (Å²) in [6, 6.07) is 10.8. The average molecular weight is 232 g/mol. The number of sulfone groups is 1. The van der Waals surface area contributed by atoms with Gasteiger partial charge in [0, 0.05) is 11.5 Å². The van der Waals surface area contributed by atoms with Crippen LogP contribution in [0.4, 0.5) is 0 Å². The van der Waals surface area contributed by atoms with Crippen molar-refractivity contribution in [1.82, 2.24) is 0 Å². The average Bonchev–Trinajstić information content (AvgIpc) is 2.50. The summed E-state index contributed by atoms with van der Waals surface area (Å²) in [4.78, 5) is 0.211. The topological polar surface area (TPSA) is 54.4 Å². The Morgan fingerprint density at radius 2 is 1.75 bits per heavy atom. The second kappa shape index (κ2) is 2.86. The maximum atomic E-state index is 11.9. The Hall–Kier alpha value is -1.81.